The van der Waals surface area contributed by atoms with Gasteiger partial charge in [-0.2, -0.15) is 4.37 Å². The van der Waals surface area contributed by atoms with Gasteiger partial charge in [0.1, 0.15) is 0 Å². The van der Waals surface area contributed by atoms with E-state index in [1.807, 2.05) is 46.9 Å². The molecule has 2 N–H and O–H groups in total. The fourth-order valence-electron chi connectivity index (χ4n) is 3.56. The van der Waals surface area contributed by atoms with Gasteiger partial charge in [0.2, 0.25) is 5.78 Å². The molecule has 0 unspecified atom stereocenters. The van der Waals surface area contributed by atoms with Crippen LogP contribution in [0.4, 0.5) is 17.1 Å². The van der Waals surface area contributed by atoms with Gasteiger partial charge in [0.25, 0.3) is 11.4 Å². The third-order valence-electron chi connectivity index (χ3n) is 6.05. The highest BCUT2D eigenvalue weighted by atomic mass is 127. The van der Waals surface area contributed by atoms with E-state index < -0.39 is 9.85 Å². The van der Waals surface area contributed by atoms with Gasteiger partial charge in [0.05, 0.1) is 20.4 Å². The third kappa shape index (κ3) is 9.47. The summed E-state index contributed by atoms with van der Waals surface area (Å²) in [6.45, 7) is 0. The highest BCUT2D eigenvalue weighted by Gasteiger charge is 2.28. The van der Waals surface area contributed by atoms with Gasteiger partial charge in [0.15, 0.2) is 0 Å². The number of benzene rings is 3. The van der Waals surface area contributed by atoms with Gasteiger partial charge in [-0.15, -0.1) is 0 Å². The van der Waals surface area contributed by atoms with Gasteiger partial charge in [-0.25, -0.2) is 0 Å². The second-order valence-electron chi connectivity index (χ2n) is 9.45. The number of non-ortho nitro benzene ring substituents is 2. The zero-order valence-electron chi connectivity index (χ0n) is 21.7. The Morgan fingerprint density at radius 1 is 0.902 bits per heavy atom. The Bertz CT molecular complexity index is 1640. The molecule has 6 rings (SSSR count). The molecule has 1 heterocycles. The van der Waals surface area contributed by atoms with Crippen molar-refractivity contribution in [1.82, 2.24) is 4.37 Å². The van der Waals surface area contributed by atoms with Gasteiger partial charge in [-0.05, 0) is 102 Å². The second kappa shape index (κ2) is 14.0. The van der Waals surface area contributed by atoms with E-state index in [0.29, 0.717) is 5.56 Å². The number of ketones is 1. The Morgan fingerprint density at radius 2 is 1.56 bits per heavy atom. The number of nitro benzene ring substituents is 2. The summed E-state index contributed by atoms with van der Waals surface area (Å²) in [4.78, 5) is 32.3. The Labute approximate surface area is 254 Å². The molecule has 2 fully saturated rings. The quantitative estimate of drug-likeness (QED) is 0.0761. The van der Waals surface area contributed by atoms with E-state index in [-0.39, 0.29) is 23.1 Å². The summed E-state index contributed by atoms with van der Waals surface area (Å²) in [6.07, 6.45) is 4.45. The van der Waals surface area contributed by atoms with Gasteiger partial charge in [-0.3, -0.25) is 25.0 Å². The van der Waals surface area contributed by atoms with Crippen molar-refractivity contribution in [2.45, 2.75) is 31.6 Å². The number of Topliss-reactive ketones (excluding diaryl/α,β-unsaturated/α-hetero) is 1. The summed E-state index contributed by atoms with van der Waals surface area (Å²) < 4.78 is 5.37. The van der Waals surface area contributed by atoms with E-state index >= 15 is 0 Å². The number of aromatic nitrogens is 1. The molecule has 0 aliphatic heterocycles. The number of halogens is 1. The number of carbonyl (C=O) groups excluding carboxylic acids is 1. The molecule has 0 radical (unpaired) electrons. The smallest absolute Gasteiger partial charge is 0.270 e. The van der Waals surface area contributed by atoms with Gasteiger partial charge in [-0.1, -0.05) is 30.2 Å². The maximum Gasteiger partial charge on any atom is 0.270 e. The molecule has 0 saturated heterocycles. The first kappa shape index (κ1) is 29.8. The number of nitrogens with two attached hydrogens (primary N) is 1. The van der Waals surface area contributed by atoms with Crippen LogP contribution in [-0.2, 0) is 4.79 Å². The van der Waals surface area contributed by atoms with Crippen molar-refractivity contribution in [3.8, 4) is 22.3 Å². The Morgan fingerprint density at radius 3 is 2.15 bits per heavy atom. The summed E-state index contributed by atoms with van der Waals surface area (Å²) >= 11 is 3.61. The lowest BCUT2D eigenvalue weighted by Gasteiger charge is -1.97. The lowest BCUT2D eigenvalue weighted by Crippen LogP contribution is -1.94. The van der Waals surface area contributed by atoms with E-state index in [4.69, 9.17) is 5.73 Å². The number of anilines is 1. The Kier molecular flexibility index (Phi) is 10.2. The van der Waals surface area contributed by atoms with E-state index in [0.717, 1.165) is 28.0 Å². The van der Waals surface area contributed by atoms with Crippen LogP contribution in [0.15, 0.2) is 78.9 Å². The number of carbonyl (C=O) groups is 1. The average Bonchev–Trinajstić information content (AvgIpc) is 3.91. The summed E-state index contributed by atoms with van der Waals surface area (Å²) in [6, 6.07) is 22.6. The molecule has 2 aliphatic carbocycles. The van der Waals surface area contributed by atoms with Gasteiger partial charge < -0.3 is 5.73 Å². The van der Waals surface area contributed by atoms with Crippen molar-refractivity contribution in [3.05, 3.63) is 114 Å². The summed E-state index contributed by atoms with van der Waals surface area (Å²) in [7, 11) is 0. The fourth-order valence-corrected chi connectivity index (χ4v) is 4.89. The Hall–Kier alpha value is -4.15. The van der Waals surface area contributed by atoms with Crippen LogP contribution in [0.25, 0.3) is 10.4 Å². The molecular weight excluding hydrogens is 655 g/mol. The highest BCUT2D eigenvalue weighted by molar-refractivity contribution is 14.1. The van der Waals surface area contributed by atoms with Crippen molar-refractivity contribution >= 4 is 57.0 Å². The molecule has 1 aromatic heterocycles. The van der Waals surface area contributed by atoms with Crippen LogP contribution in [-0.4, -0.2) is 20.0 Å². The van der Waals surface area contributed by atoms with E-state index in [1.165, 1.54) is 53.2 Å². The van der Waals surface area contributed by atoms with E-state index in [1.54, 1.807) is 29.7 Å². The second-order valence-corrected chi connectivity index (χ2v) is 11.5. The number of rotatable bonds is 5. The highest BCUT2D eigenvalue weighted by Crippen LogP contribution is 2.41. The standard InChI is InChI=1S/C12H12N2S.C12H9NO3.C6H4INO2/c13-10-3-1-2-9(6-10)12-7-11(14-15-12)8-4-5-8;14-12(10-5-6-10)7-4-9-2-1-3-11(8-9)13(15)16;7-5-2-1-3-6(4-5)8(9)10/h1-3,6-8H,4-5,13H2;1-3,8,10H,5-6H2;1-4H. The first-order valence-corrected chi connectivity index (χ1v) is 14.6. The first-order valence-electron chi connectivity index (χ1n) is 12.7. The van der Waals surface area contributed by atoms with Crippen LogP contribution >= 0.6 is 34.1 Å². The largest absolute Gasteiger partial charge is 0.399 e. The van der Waals surface area contributed by atoms with Crippen molar-refractivity contribution in [1.29, 1.82) is 0 Å². The topological polar surface area (TPSA) is 142 Å². The molecule has 0 amide bonds. The lowest BCUT2D eigenvalue weighted by molar-refractivity contribution is -0.385. The molecule has 208 valence electrons. The maximum absolute atomic E-state index is 11.3. The molecule has 2 saturated carbocycles. The van der Waals surface area contributed by atoms with Crippen molar-refractivity contribution in [2.24, 2.45) is 5.92 Å². The molecular formula is C30H25IN4O5S. The van der Waals surface area contributed by atoms with Gasteiger partial charge in [0, 0.05) is 50.9 Å². The minimum Gasteiger partial charge on any atom is -0.399 e. The molecule has 9 nitrogen and oxygen atoms in total. The van der Waals surface area contributed by atoms with Crippen LogP contribution in [0.5, 0.6) is 0 Å². The molecule has 0 atom stereocenters. The molecule has 4 aromatic rings. The third-order valence-corrected chi connectivity index (χ3v) is 7.57. The number of hydrogen-bond donors (Lipinski definition) is 1. The Balaban J connectivity index is 0.000000146. The van der Waals surface area contributed by atoms with E-state index in [2.05, 4.69) is 28.3 Å². The van der Waals surface area contributed by atoms with Crippen LogP contribution in [0.3, 0.4) is 0 Å². The van der Waals surface area contributed by atoms with Crippen LogP contribution < -0.4 is 5.73 Å². The van der Waals surface area contributed by atoms with Crippen molar-refractivity contribution in [3.63, 3.8) is 0 Å². The average molecular weight is 681 g/mol. The number of hydrogen-bond acceptors (Lipinski definition) is 8. The summed E-state index contributed by atoms with van der Waals surface area (Å²) in [5.41, 5.74) is 9.65. The minimum absolute atomic E-state index is 0.00864. The van der Waals surface area contributed by atoms with Crippen LogP contribution in [0.2, 0.25) is 0 Å². The molecule has 3 aromatic carbocycles. The molecule has 11 heteroatoms. The maximum atomic E-state index is 11.3. The summed E-state index contributed by atoms with van der Waals surface area (Å²) in [5.74, 6) is 5.94. The van der Waals surface area contributed by atoms with Crippen molar-refractivity contribution < 1.29 is 14.6 Å². The number of nitro groups is 2. The fraction of sp³-hybridized carbons (Fsp3) is 0.200. The number of nitrogens with zero attached hydrogens (tertiary/aromatic N) is 3. The molecule has 0 bridgehead atoms. The zero-order valence-corrected chi connectivity index (χ0v) is 24.7. The van der Waals surface area contributed by atoms with Crippen LogP contribution in [0.1, 0.15) is 42.9 Å². The molecule has 41 heavy (non-hydrogen) atoms. The van der Waals surface area contributed by atoms with Gasteiger partial charge >= 0.3 is 0 Å². The lowest BCUT2D eigenvalue weighted by atomic mass is 10.1. The molecule has 2 aliphatic rings. The van der Waals surface area contributed by atoms with Crippen molar-refractivity contribution in [2.75, 3.05) is 5.73 Å². The monoisotopic (exact) mass is 680 g/mol. The molecule has 0 spiro atoms. The summed E-state index contributed by atoms with van der Waals surface area (Å²) in [5, 5.41) is 20.7. The van der Waals surface area contributed by atoms with Crippen LogP contribution in [0, 0.1) is 41.6 Å². The van der Waals surface area contributed by atoms with E-state index in [9.17, 15) is 25.0 Å². The predicted molar refractivity (Wildman–Crippen MR) is 167 cm³/mol. The zero-order chi connectivity index (χ0) is 29.4. The first-order chi connectivity index (χ1) is 19.7. The number of nitrogen functional groups attached to an aromatic ring is 1. The predicted octanol–water partition coefficient (Wildman–Crippen LogP) is 7.39. The SMILES string of the molecule is Nc1cccc(-c2cc(C3CC3)ns2)c1.O=C(C#Cc1cccc([N+](=O)[O-])c1)C1CC1.O=[N+]([O-])c1cccc(I)c1. The normalized spacial score (nSPS) is 13.3. The minimum atomic E-state index is -0.478.